The normalized spacial score (nSPS) is 23.1. The minimum atomic E-state index is -0.254. The van der Waals surface area contributed by atoms with Gasteiger partial charge in [-0.25, -0.2) is 4.39 Å². The number of likely N-dealkylation sites (tertiary alicyclic amines) is 1. The summed E-state index contributed by atoms with van der Waals surface area (Å²) in [5, 5.41) is 3.65. The van der Waals surface area contributed by atoms with Crippen LogP contribution in [0.1, 0.15) is 24.8 Å². The Morgan fingerprint density at radius 2 is 2.05 bits per heavy atom. The summed E-state index contributed by atoms with van der Waals surface area (Å²) < 4.78 is 13.9. The molecule has 4 heteroatoms. The molecule has 0 bridgehead atoms. The third-order valence-electron chi connectivity index (χ3n) is 4.61. The third-order valence-corrected chi connectivity index (χ3v) is 4.90. The Morgan fingerprint density at radius 3 is 2.84 bits per heavy atom. The maximum absolute atomic E-state index is 13.9. The molecular weight excluding hydrogens is 263 g/mol. The monoisotopic (exact) mass is 282 g/mol. The third kappa shape index (κ3) is 2.78. The smallest absolute Gasteiger partial charge is 0.146 e. The van der Waals surface area contributed by atoms with Crippen LogP contribution in [0.4, 0.5) is 4.39 Å². The number of nitrogens with zero attached hydrogens (tertiary/aromatic N) is 1. The molecule has 2 heterocycles. The van der Waals surface area contributed by atoms with Crippen LogP contribution in [0.3, 0.4) is 0 Å². The topological polar surface area (TPSA) is 15.3 Å². The maximum atomic E-state index is 13.9. The van der Waals surface area contributed by atoms with Crippen molar-refractivity contribution in [3.05, 3.63) is 34.6 Å². The van der Waals surface area contributed by atoms with Crippen LogP contribution < -0.4 is 5.32 Å². The molecular formula is C15H20ClFN2. The molecule has 2 nitrogen and oxygen atoms in total. The zero-order chi connectivity index (χ0) is 13.3. The van der Waals surface area contributed by atoms with Crippen molar-refractivity contribution in [3.8, 4) is 0 Å². The van der Waals surface area contributed by atoms with Gasteiger partial charge in [-0.2, -0.15) is 0 Å². The minimum absolute atomic E-state index is 0.230. The molecule has 104 valence electrons. The Bertz CT molecular complexity index is 457. The van der Waals surface area contributed by atoms with Gasteiger partial charge in [-0.05, 0) is 50.4 Å². The van der Waals surface area contributed by atoms with Crippen LogP contribution in [0.15, 0.2) is 18.2 Å². The summed E-state index contributed by atoms with van der Waals surface area (Å²) in [4.78, 5) is 2.38. The number of piperidine rings is 1. The van der Waals surface area contributed by atoms with Crippen molar-refractivity contribution in [2.75, 3.05) is 26.2 Å². The van der Waals surface area contributed by atoms with E-state index >= 15 is 0 Å². The minimum Gasteiger partial charge on any atom is -0.317 e. The maximum Gasteiger partial charge on any atom is 0.146 e. The van der Waals surface area contributed by atoms with E-state index in [2.05, 4.69) is 10.2 Å². The quantitative estimate of drug-likeness (QED) is 0.897. The fraction of sp³-hybridized carbons (Fsp3) is 0.600. The molecule has 2 aliphatic rings. The molecule has 0 aromatic heterocycles. The highest BCUT2D eigenvalue weighted by molar-refractivity contribution is 6.30. The Balaban J connectivity index is 1.67. The average Bonchev–Trinajstić information content (AvgIpc) is 2.79. The van der Waals surface area contributed by atoms with E-state index in [0.717, 1.165) is 31.7 Å². The van der Waals surface area contributed by atoms with Crippen molar-refractivity contribution in [1.29, 1.82) is 0 Å². The van der Waals surface area contributed by atoms with Crippen LogP contribution in [0, 0.1) is 11.2 Å². The van der Waals surface area contributed by atoms with Gasteiger partial charge < -0.3 is 5.32 Å². The number of nitrogens with one attached hydrogen (secondary N) is 1. The number of rotatable bonds is 2. The Labute approximate surface area is 118 Å². The van der Waals surface area contributed by atoms with Crippen LogP contribution in [0.2, 0.25) is 5.02 Å². The molecule has 0 amide bonds. The number of hydrogen-bond donors (Lipinski definition) is 1. The van der Waals surface area contributed by atoms with E-state index in [1.807, 2.05) is 12.1 Å². The number of benzene rings is 1. The SMILES string of the molecule is Fc1c(Cl)cccc1CN1CCC2(CCNCC2)C1. The summed E-state index contributed by atoms with van der Waals surface area (Å²) >= 11 is 5.84. The molecule has 0 aliphatic carbocycles. The summed E-state index contributed by atoms with van der Waals surface area (Å²) in [5.74, 6) is -0.254. The van der Waals surface area contributed by atoms with E-state index in [1.165, 1.54) is 19.3 Å². The molecule has 0 radical (unpaired) electrons. The molecule has 2 fully saturated rings. The molecule has 1 N–H and O–H groups in total. The molecule has 3 rings (SSSR count). The standard InChI is InChI=1S/C15H20ClFN2/c16-13-3-1-2-12(14(13)17)10-19-9-6-15(11-19)4-7-18-8-5-15/h1-3,18H,4-11H2. The summed E-state index contributed by atoms with van der Waals surface area (Å²) in [6.45, 7) is 5.10. The average molecular weight is 283 g/mol. The van der Waals surface area contributed by atoms with Gasteiger partial charge in [0, 0.05) is 18.7 Å². The lowest BCUT2D eigenvalue weighted by Gasteiger charge is -2.34. The van der Waals surface area contributed by atoms with Crippen molar-refractivity contribution in [2.24, 2.45) is 5.41 Å². The van der Waals surface area contributed by atoms with Crippen LogP contribution in [0.5, 0.6) is 0 Å². The summed E-state index contributed by atoms with van der Waals surface area (Å²) in [6.07, 6.45) is 3.75. The highest BCUT2D eigenvalue weighted by atomic mass is 35.5. The second-order valence-electron chi connectivity index (χ2n) is 5.92. The fourth-order valence-electron chi connectivity index (χ4n) is 3.44. The van der Waals surface area contributed by atoms with Crippen molar-refractivity contribution in [1.82, 2.24) is 10.2 Å². The summed E-state index contributed by atoms with van der Waals surface area (Å²) in [5.41, 5.74) is 1.19. The Morgan fingerprint density at radius 1 is 1.26 bits per heavy atom. The molecule has 1 spiro atoms. The lowest BCUT2D eigenvalue weighted by Crippen LogP contribution is -2.38. The van der Waals surface area contributed by atoms with E-state index in [1.54, 1.807) is 6.07 Å². The van der Waals surface area contributed by atoms with E-state index in [0.29, 0.717) is 12.0 Å². The van der Waals surface area contributed by atoms with E-state index < -0.39 is 0 Å². The molecule has 2 saturated heterocycles. The Hall–Kier alpha value is -0.640. The van der Waals surface area contributed by atoms with Gasteiger partial charge in [0.05, 0.1) is 5.02 Å². The first-order chi connectivity index (χ1) is 9.19. The van der Waals surface area contributed by atoms with Gasteiger partial charge in [-0.3, -0.25) is 4.90 Å². The molecule has 0 saturated carbocycles. The van der Waals surface area contributed by atoms with Crippen molar-refractivity contribution < 1.29 is 4.39 Å². The van der Waals surface area contributed by atoms with Crippen molar-refractivity contribution in [3.63, 3.8) is 0 Å². The van der Waals surface area contributed by atoms with Gasteiger partial charge in [-0.1, -0.05) is 23.7 Å². The first kappa shape index (κ1) is 13.3. The van der Waals surface area contributed by atoms with Gasteiger partial charge in [0.2, 0.25) is 0 Å². The number of halogens is 2. The lowest BCUT2D eigenvalue weighted by molar-refractivity contribution is 0.193. The highest BCUT2D eigenvalue weighted by Gasteiger charge is 2.38. The highest BCUT2D eigenvalue weighted by Crippen LogP contribution is 2.39. The first-order valence-electron chi connectivity index (χ1n) is 7.05. The van der Waals surface area contributed by atoms with Crippen molar-refractivity contribution >= 4 is 11.6 Å². The molecule has 1 aromatic rings. The van der Waals surface area contributed by atoms with Crippen LogP contribution in [0.25, 0.3) is 0 Å². The van der Waals surface area contributed by atoms with Gasteiger partial charge >= 0.3 is 0 Å². The van der Waals surface area contributed by atoms with Crippen LogP contribution >= 0.6 is 11.6 Å². The fourth-order valence-corrected chi connectivity index (χ4v) is 3.63. The van der Waals surface area contributed by atoms with Crippen LogP contribution in [-0.4, -0.2) is 31.1 Å². The summed E-state index contributed by atoms with van der Waals surface area (Å²) in [7, 11) is 0. The Kier molecular flexibility index (Phi) is 3.79. The molecule has 0 atom stereocenters. The zero-order valence-corrected chi connectivity index (χ0v) is 11.8. The van der Waals surface area contributed by atoms with Crippen LogP contribution in [-0.2, 0) is 6.54 Å². The van der Waals surface area contributed by atoms with E-state index in [-0.39, 0.29) is 10.8 Å². The zero-order valence-electron chi connectivity index (χ0n) is 11.1. The predicted octanol–water partition coefficient (Wildman–Crippen LogP) is 3.05. The molecule has 1 aromatic carbocycles. The first-order valence-corrected chi connectivity index (χ1v) is 7.42. The van der Waals surface area contributed by atoms with Gasteiger partial charge in [0.15, 0.2) is 0 Å². The second kappa shape index (κ2) is 5.39. The molecule has 19 heavy (non-hydrogen) atoms. The summed E-state index contributed by atoms with van der Waals surface area (Å²) in [6, 6.07) is 5.28. The lowest BCUT2D eigenvalue weighted by atomic mass is 9.78. The van der Waals surface area contributed by atoms with Gasteiger partial charge in [0.1, 0.15) is 5.82 Å². The van der Waals surface area contributed by atoms with Crippen molar-refractivity contribution in [2.45, 2.75) is 25.8 Å². The second-order valence-corrected chi connectivity index (χ2v) is 6.33. The molecule has 0 unspecified atom stereocenters. The molecule has 2 aliphatic heterocycles. The predicted molar refractivity (Wildman–Crippen MR) is 75.8 cm³/mol. The largest absolute Gasteiger partial charge is 0.317 e. The van der Waals surface area contributed by atoms with E-state index in [9.17, 15) is 4.39 Å². The van der Waals surface area contributed by atoms with Gasteiger partial charge in [-0.15, -0.1) is 0 Å². The van der Waals surface area contributed by atoms with Gasteiger partial charge in [0.25, 0.3) is 0 Å². The van der Waals surface area contributed by atoms with E-state index in [4.69, 9.17) is 11.6 Å². The number of hydrogen-bond acceptors (Lipinski definition) is 2.